The summed E-state index contributed by atoms with van der Waals surface area (Å²) in [5.74, 6) is -0.156. The van der Waals surface area contributed by atoms with Crippen molar-refractivity contribution in [2.24, 2.45) is 0 Å². The molecule has 3 rings (SSSR count). The lowest BCUT2D eigenvalue weighted by molar-refractivity contribution is -0.116. The summed E-state index contributed by atoms with van der Waals surface area (Å²) in [5.41, 5.74) is 2.62. The van der Waals surface area contributed by atoms with E-state index in [-0.39, 0.29) is 12.3 Å². The van der Waals surface area contributed by atoms with E-state index in [1.54, 1.807) is 0 Å². The lowest BCUT2D eigenvalue weighted by atomic mass is 10.1. The van der Waals surface area contributed by atoms with Gasteiger partial charge in [-0.25, -0.2) is 4.98 Å². The van der Waals surface area contributed by atoms with Crippen molar-refractivity contribution in [2.75, 3.05) is 5.32 Å². The number of aryl methyl sites for hydroxylation is 1. The van der Waals surface area contributed by atoms with Gasteiger partial charge < -0.3 is 10.4 Å². The van der Waals surface area contributed by atoms with Crippen LogP contribution in [0.5, 0.6) is 0 Å². The zero-order chi connectivity index (χ0) is 18.5. The molecule has 0 radical (unpaired) electrons. The number of aliphatic hydroxyl groups excluding tert-OH is 1. The zero-order valence-electron chi connectivity index (χ0n) is 14.3. The number of thiazole rings is 1. The molecule has 4 nitrogen and oxygen atoms in total. The van der Waals surface area contributed by atoms with E-state index in [2.05, 4.69) is 10.3 Å². The summed E-state index contributed by atoms with van der Waals surface area (Å²) in [4.78, 5) is 17.7. The van der Waals surface area contributed by atoms with Gasteiger partial charge in [-0.05, 0) is 31.0 Å². The minimum Gasteiger partial charge on any atom is -0.388 e. The van der Waals surface area contributed by atoms with Crippen molar-refractivity contribution in [1.82, 2.24) is 4.98 Å². The number of halogens is 1. The minimum absolute atomic E-state index is 0.156. The number of carbonyl (C=O) groups is 1. The molecule has 134 valence electrons. The Hall–Kier alpha value is -2.21. The van der Waals surface area contributed by atoms with Gasteiger partial charge in [0, 0.05) is 21.9 Å². The summed E-state index contributed by atoms with van der Waals surface area (Å²) in [7, 11) is 0. The van der Waals surface area contributed by atoms with Crippen molar-refractivity contribution in [3.05, 3.63) is 70.1 Å². The number of benzene rings is 2. The van der Waals surface area contributed by atoms with E-state index >= 15 is 0 Å². The lowest BCUT2D eigenvalue weighted by Gasteiger charge is -2.10. The van der Waals surface area contributed by atoms with Gasteiger partial charge in [0.05, 0.1) is 11.8 Å². The Balaban J connectivity index is 1.59. The highest BCUT2D eigenvalue weighted by atomic mass is 35.5. The molecular weight excluding hydrogens is 368 g/mol. The van der Waals surface area contributed by atoms with Crippen LogP contribution in [-0.2, 0) is 4.79 Å². The number of nitrogens with one attached hydrogen (secondary N) is 1. The fourth-order valence-electron chi connectivity index (χ4n) is 2.62. The van der Waals surface area contributed by atoms with Gasteiger partial charge in [-0.1, -0.05) is 54.1 Å². The van der Waals surface area contributed by atoms with E-state index in [0.29, 0.717) is 16.6 Å². The van der Waals surface area contributed by atoms with Crippen LogP contribution < -0.4 is 5.32 Å². The first-order valence-corrected chi connectivity index (χ1v) is 9.48. The van der Waals surface area contributed by atoms with E-state index in [9.17, 15) is 9.90 Å². The van der Waals surface area contributed by atoms with Crippen LogP contribution in [0.25, 0.3) is 11.3 Å². The molecule has 0 bridgehead atoms. The molecule has 2 aromatic carbocycles. The standard InChI is InChI=1S/C20H19ClN2O2S/c1-13-19(15-7-9-16(21)10-8-15)23-20(26-13)22-18(25)12-11-17(24)14-5-3-2-4-6-14/h2-10,17,24H,11-12H2,1H3,(H,22,23,25)/t17-/m1/s1. The molecule has 2 N–H and O–H groups in total. The zero-order valence-corrected chi connectivity index (χ0v) is 15.8. The molecule has 0 unspecified atom stereocenters. The summed E-state index contributed by atoms with van der Waals surface area (Å²) < 4.78 is 0. The number of hydrogen-bond acceptors (Lipinski definition) is 4. The Morgan fingerprint density at radius 3 is 2.58 bits per heavy atom. The highest BCUT2D eigenvalue weighted by Crippen LogP contribution is 2.31. The maximum Gasteiger partial charge on any atom is 0.226 e. The molecule has 0 saturated carbocycles. The maximum atomic E-state index is 12.2. The molecule has 0 aliphatic carbocycles. The molecular formula is C20H19ClN2O2S. The number of carbonyl (C=O) groups excluding carboxylic acids is 1. The summed E-state index contributed by atoms with van der Waals surface area (Å²) >= 11 is 7.36. The first-order valence-electron chi connectivity index (χ1n) is 8.29. The number of hydrogen-bond donors (Lipinski definition) is 2. The Bertz CT molecular complexity index is 879. The van der Waals surface area contributed by atoms with Gasteiger partial charge in [0.2, 0.25) is 5.91 Å². The Morgan fingerprint density at radius 1 is 1.19 bits per heavy atom. The third kappa shape index (κ3) is 4.69. The second-order valence-corrected chi connectivity index (χ2v) is 7.58. The average molecular weight is 387 g/mol. The smallest absolute Gasteiger partial charge is 0.226 e. The molecule has 3 aromatic rings. The van der Waals surface area contributed by atoms with Gasteiger partial charge >= 0.3 is 0 Å². The fourth-order valence-corrected chi connectivity index (χ4v) is 3.59. The molecule has 0 aliphatic heterocycles. The van der Waals surface area contributed by atoms with E-state index in [0.717, 1.165) is 21.7 Å². The van der Waals surface area contributed by atoms with Gasteiger partial charge in [0.15, 0.2) is 5.13 Å². The van der Waals surface area contributed by atoms with Crippen molar-refractivity contribution >= 4 is 34.0 Å². The molecule has 0 aliphatic rings. The third-order valence-corrected chi connectivity index (χ3v) is 5.13. The number of anilines is 1. The van der Waals surface area contributed by atoms with E-state index < -0.39 is 6.10 Å². The summed E-state index contributed by atoms with van der Waals surface area (Å²) in [5, 5.41) is 14.2. The van der Waals surface area contributed by atoms with Gasteiger partial charge in [-0.3, -0.25) is 4.79 Å². The number of rotatable bonds is 6. The van der Waals surface area contributed by atoms with Crippen LogP contribution in [0.3, 0.4) is 0 Å². The SMILES string of the molecule is Cc1sc(NC(=O)CC[C@@H](O)c2ccccc2)nc1-c1ccc(Cl)cc1. The van der Waals surface area contributed by atoms with Crippen molar-refractivity contribution < 1.29 is 9.90 Å². The van der Waals surface area contributed by atoms with Gasteiger partial charge in [0.1, 0.15) is 0 Å². The Labute approximate surface area is 161 Å². The molecule has 0 fully saturated rings. The first-order chi connectivity index (χ1) is 12.5. The molecule has 1 heterocycles. The molecule has 6 heteroatoms. The van der Waals surface area contributed by atoms with Crippen molar-refractivity contribution in [1.29, 1.82) is 0 Å². The Morgan fingerprint density at radius 2 is 1.88 bits per heavy atom. The molecule has 1 atom stereocenters. The summed E-state index contributed by atoms with van der Waals surface area (Å²) in [6.45, 7) is 1.97. The van der Waals surface area contributed by atoms with Gasteiger partial charge in [-0.2, -0.15) is 0 Å². The third-order valence-electron chi connectivity index (χ3n) is 3.99. The topological polar surface area (TPSA) is 62.2 Å². The van der Waals surface area contributed by atoms with E-state index in [4.69, 9.17) is 11.6 Å². The maximum absolute atomic E-state index is 12.2. The summed E-state index contributed by atoms with van der Waals surface area (Å²) in [6.07, 6.45) is -0.0560. The van der Waals surface area contributed by atoms with Crippen LogP contribution >= 0.6 is 22.9 Å². The largest absolute Gasteiger partial charge is 0.388 e. The lowest BCUT2D eigenvalue weighted by Crippen LogP contribution is -2.12. The first kappa shape index (κ1) is 18.6. The Kier molecular flexibility index (Phi) is 6.04. The molecule has 0 saturated heterocycles. The molecule has 26 heavy (non-hydrogen) atoms. The quantitative estimate of drug-likeness (QED) is 0.610. The predicted molar refractivity (Wildman–Crippen MR) is 107 cm³/mol. The molecule has 0 spiro atoms. The number of nitrogens with zero attached hydrogens (tertiary/aromatic N) is 1. The molecule has 1 aromatic heterocycles. The highest BCUT2D eigenvalue weighted by Gasteiger charge is 2.14. The van der Waals surface area contributed by atoms with Crippen LogP contribution in [0.1, 0.15) is 29.4 Å². The number of amides is 1. The van der Waals surface area contributed by atoms with Crippen molar-refractivity contribution in [2.45, 2.75) is 25.9 Å². The minimum atomic E-state index is -0.649. The van der Waals surface area contributed by atoms with Gasteiger partial charge in [0.25, 0.3) is 0 Å². The number of aromatic nitrogens is 1. The molecule has 1 amide bonds. The van der Waals surface area contributed by atoms with Crippen LogP contribution in [0.4, 0.5) is 5.13 Å². The second kappa shape index (κ2) is 8.45. The van der Waals surface area contributed by atoms with Crippen LogP contribution in [0.2, 0.25) is 5.02 Å². The van der Waals surface area contributed by atoms with Crippen LogP contribution in [0.15, 0.2) is 54.6 Å². The average Bonchev–Trinajstić information content (AvgIpc) is 3.01. The monoisotopic (exact) mass is 386 g/mol. The number of aliphatic hydroxyl groups is 1. The van der Waals surface area contributed by atoms with Crippen molar-refractivity contribution in [3.8, 4) is 11.3 Å². The summed E-state index contributed by atoms with van der Waals surface area (Å²) in [6, 6.07) is 16.8. The van der Waals surface area contributed by atoms with E-state index in [1.165, 1.54) is 11.3 Å². The van der Waals surface area contributed by atoms with Crippen molar-refractivity contribution in [3.63, 3.8) is 0 Å². The highest BCUT2D eigenvalue weighted by molar-refractivity contribution is 7.16. The van der Waals surface area contributed by atoms with E-state index in [1.807, 2.05) is 61.5 Å². The fraction of sp³-hybridized carbons (Fsp3) is 0.200. The van der Waals surface area contributed by atoms with Crippen LogP contribution in [0, 0.1) is 6.92 Å². The van der Waals surface area contributed by atoms with Gasteiger partial charge in [-0.15, -0.1) is 11.3 Å². The predicted octanol–water partition coefficient (Wildman–Crippen LogP) is 5.22. The van der Waals surface area contributed by atoms with Crippen LogP contribution in [-0.4, -0.2) is 16.0 Å². The normalized spacial score (nSPS) is 12.0. The second-order valence-electron chi connectivity index (χ2n) is 5.94.